The molecule has 0 unspecified atom stereocenters. The lowest BCUT2D eigenvalue weighted by Gasteiger charge is -2.20. The Hall–Kier alpha value is -1.40. The first-order chi connectivity index (χ1) is 8.58. The number of benzene rings is 1. The molecule has 1 aromatic carbocycles. The minimum atomic E-state index is -4.24. The van der Waals surface area contributed by atoms with Crippen molar-refractivity contribution in [1.29, 1.82) is 0 Å². The summed E-state index contributed by atoms with van der Waals surface area (Å²) in [5.41, 5.74) is -0.135. The van der Waals surface area contributed by atoms with E-state index in [2.05, 4.69) is 0 Å². The maximum atomic E-state index is 11.9. The summed E-state index contributed by atoms with van der Waals surface area (Å²) in [6.07, 6.45) is 0.633. The second-order valence-corrected chi connectivity index (χ2v) is 6.45. The molecule has 5 nitrogen and oxygen atoms in total. The molecule has 1 rings (SSSR count). The molecule has 106 valence electrons. The summed E-state index contributed by atoms with van der Waals surface area (Å²) >= 11 is 0. The molecule has 1 aromatic rings. The molecule has 0 spiro atoms. The molecule has 1 N–H and O–H groups in total. The molecule has 0 aliphatic heterocycles. The van der Waals surface area contributed by atoms with Gasteiger partial charge in [0.15, 0.2) is 0 Å². The van der Waals surface area contributed by atoms with Gasteiger partial charge >= 0.3 is 5.97 Å². The highest BCUT2D eigenvalue weighted by Crippen LogP contribution is 2.27. The number of hydrogen-bond acceptors (Lipinski definition) is 4. The van der Waals surface area contributed by atoms with Gasteiger partial charge in [0.1, 0.15) is 5.75 Å². The molecular weight excluding hydrogens is 268 g/mol. The van der Waals surface area contributed by atoms with Gasteiger partial charge in [-0.05, 0) is 51.0 Å². The van der Waals surface area contributed by atoms with Crippen molar-refractivity contribution < 1.29 is 22.5 Å². The summed E-state index contributed by atoms with van der Waals surface area (Å²) in [6.45, 7) is 7.04. The number of carbonyl (C=O) groups excluding carboxylic acids is 1. The van der Waals surface area contributed by atoms with Gasteiger partial charge in [0, 0.05) is 0 Å². The van der Waals surface area contributed by atoms with E-state index in [9.17, 15) is 13.2 Å². The molecule has 0 fully saturated rings. The van der Waals surface area contributed by atoms with Gasteiger partial charge in [-0.2, -0.15) is 8.42 Å². The van der Waals surface area contributed by atoms with Gasteiger partial charge in [-0.15, -0.1) is 0 Å². The molecule has 0 aliphatic rings. The highest BCUT2D eigenvalue weighted by atomic mass is 32.2. The van der Waals surface area contributed by atoms with Gasteiger partial charge in [0.25, 0.3) is 10.1 Å². The van der Waals surface area contributed by atoms with Crippen molar-refractivity contribution in [3.05, 3.63) is 23.8 Å². The number of carbonyl (C=O) groups is 1. The molecule has 0 heterocycles. The van der Waals surface area contributed by atoms with E-state index in [0.29, 0.717) is 17.7 Å². The van der Waals surface area contributed by atoms with Crippen LogP contribution in [0.15, 0.2) is 23.1 Å². The van der Waals surface area contributed by atoms with Crippen molar-refractivity contribution in [3.8, 4) is 5.75 Å². The molecule has 0 saturated heterocycles. The number of hydrogen-bond donors (Lipinski definition) is 1. The summed E-state index contributed by atoms with van der Waals surface area (Å²) in [6, 6.07) is 3.82. The largest absolute Gasteiger partial charge is 0.426 e. The molecule has 0 atom stereocenters. The second-order valence-electron chi connectivity index (χ2n) is 5.03. The summed E-state index contributed by atoms with van der Waals surface area (Å²) in [5.74, 6) is -0.0865. The summed E-state index contributed by atoms with van der Waals surface area (Å²) in [5, 5.41) is 0. The van der Waals surface area contributed by atoms with Crippen LogP contribution in [0.25, 0.3) is 0 Å². The Kier molecular flexibility index (Phi) is 4.37. The summed E-state index contributed by atoms with van der Waals surface area (Å²) in [4.78, 5) is 11.7. The van der Waals surface area contributed by atoms with Crippen LogP contribution in [0.5, 0.6) is 5.75 Å². The Morgan fingerprint density at radius 3 is 2.37 bits per heavy atom. The normalized spacial score (nSPS) is 12.3. The Morgan fingerprint density at radius 1 is 1.37 bits per heavy atom. The fourth-order valence-electron chi connectivity index (χ4n) is 1.28. The maximum Gasteiger partial charge on any atom is 0.316 e. The molecule has 0 saturated carbocycles. The monoisotopic (exact) mass is 286 g/mol. The third-order valence-electron chi connectivity index (χ3n) is 3.08. The van der Waals surface area contributed by atoms with E-state index in [1.807, 2.05) is 6.92 Å². The van der Waals surface area contributed by atoms with Crippen molar-refractivity contribution in [3.63, 3.8) is 0 Å². The van der Waals surface area contributed by atoms with Crippen LogP contribution in [0, 0.1) is 12.3 Å². The lowest BCUT2D eigenvalue weighted by Crippen LogP contribution is -2.28. The molecule has 0 aliphatic carbocycles. The number of esters is 1. The molecule has 0 aromatic heterocycles. The quantitative estimate of drug-likeness (QED) is 0.522. The smallest absolute Gasteiger partial charge is 0.316 e. The van der Waals surface area contributed by atoms with E-state index in [4.69, 9.17) is 9.29 Å². The van der Waals surface area contributed by atoms with Crippen LogP contribution >= 0.6 is 0 Å². The molecule has 0 radical (unpaired) electrons. The van der Waals surface area contributed by atoms with E-state index >= 15 is 0 Å². The Labute approximate surface area is 113 Å². The van der Waals surface area contributed by atoms with Crippen molar-refractivity contribution in [2.24, 2.45) is 5.41 Å². The van der Waals surface area contributed by atoms with Crippen LogP contribution in [0.1, 0.15) is 32.8 Å². The molecule has 0 bridgehead atoms. The molecule has 19 heavy (non-hydrogen) atoms. The van der Waals surface area contributed by atoms with E-state index in [0.717, 1.165) is 0 Å². The molecular formula is C13H18O5S. The zero-order valence-electron chi connectivity index (χ0n) is 11.4. The number of rotatable bonds is 4. The van der Waals surface area contributed by atoms with Gasteiger partial charge in [-0.3, -0.25) is 9.35 Å². The van der Waals surface area contributed by atoms with Crippen LogP contribution < -0.4 is 4.74 Å². The van der Waals surface area contributed by atoms with Gasteiger partial charge in [0.2, 0.25) is 0 Å². The van der Waals surface area contributed by atoms with Crippen molar-refractivity contribution in [1.82, 2.24) is 0 Å². The van der Waals surface area contributed by atoms with Gasteiger partial charge in [0.05, 0.1) is 10.3 Å². The molecule has 6 heteroatoms. The van der Waals surface area contributed by atoms with Crippen LogP contribution in [-0.2, 0) is 14.9 Å². The lowest BCUT2D eigenvalue weighted by molar-refractivity contribution is -0.144. The average Bonchev–Trinajstić information content (AvgIpc) is 2.30. The minimum Gasteiger partial charge on any atom is -0.426 e. The summed E-state index contributed by atoms with van der Waals surface area (Å²) < 4.78 is 36.1. The third kappa shape index (κ3) is 3.78. The predicted octanol–water partition coefficient (Wildman–Crippen LogP) is 2.58. The zero-order valence-corrected chi connectivity index (χ0v) is 12.2. The first-order valence-electron chi connectivity index (χ1n) is 5.88. The fourth-order valence-corrected chi connectivity index (χ4v) is 1.84. The lowest BCUT2D eigenvalue weighted by atomic mass is 9.91. The minimum absolute atomic E-state index is 0.223. The van der Waals surface area contributed by atoms with Crippen LogP contribution in [0.2, 0.25) is 0 Å². The third-order valence-corrected chi connectivity index (χ3v) is 3.93. The second kappa shape index (κ2) is 5.30. The first-order valence-corrected chi connectivity index (χ1v) is 7.32. The summed E-state index contributed by atoms with van der Waals surface area (Å²) in [7, 11) is -4.24. The maximum absolute atomic E-state index is 11.9. The van der Waals surface area contributed by atoms with Crippen molar-refractivity contribution in [2.45, 2.75) is 39.0 Å². The topological polar surface area (TPSA) is 80.7 Å². The highest BCUT2D eigenvalue weighted by Gasteiger charge is 2.28. The average molecular weight is 286 g/mol. The first kappa shape index (κ1) is 15.7. The number of ether oxygens (including phenoxy) is 1. The Bertz CT molecular complexity index is 587. The van der Waals surface area contributed by atoms with Gasteiger partial charge in [-0.1, -0.05) is 6.92 Å². The van der Waals surface area contributed by atoms with E-state index < -0.39 is 15.5 Å². The Morgan fingerprint density at radius 2 is 1.95 bits per heavy atom. The van der Waals surface area contributed by atoms with Crippen LogP contribution in [-0.4, -0.2) is 18.9 Å². The standard InChI is InChI=1S/C13H18O5S/c1-5-13(3,4)12(14)18-11-7-6-10(8-9(11)2)19(15,16)17/h6-8H,5H2,1-4H3,(H,15,16,17). The Balaban J connectivity index is 3.03. The van der Waals surface area contributed by atoms with E-state index in [1.54, 1.807) is 20.8 Å². The van der Waals surface area contributed by atoms with E-state index in [1.165, 1.54) is 18.2 Å². The highest BCUT2D eigenvalue weighted by molar-refractivity contribution is 7.85. The SMILES string of the molecule is CCC(C)(C)C(=O)Oc1ccc(S(=O)(=O)O)cc1C. The molecule has 0 amide bonds. The predicted molar refractivity (Wildman–Crippen MR) is 70.7 cm³/mol. The van der Waals surface area contributed by atoms with Gasteiger partial charge in [-0.25, -0.2) is 0 Å². The van der Waals surface area contributed by atoms with Crippen LogP contribution in [0.3, 0.4) is 0 Å². The fraction of sp³-hybridized carbons (Fsp3) is 0.462. The van der Waals surface area contributed by atoms with E-state index in [-0.39, 0.29) is 10.9 Å². The van der Waals surface area contributed by atoms with Crippen LogP contribution in [0.4, 0.5) is 0 Å². The zero-order chi connectivity index (χ0) is 14.8. The van der Waals surface area contributed by atoms with Crippen molar-refractivity contribution in [2.75, 3.05) is 0 Å². The number of aryl methyl sites for hydroxylation is 1. The van der Waals surface area contributed by atoms with Gasteiger partial charge < -0.3 is 4.74 Å². The van der Waals surface area contributed by atoms with Crippen molar-refractivity contribution >= 4 is 16.1 Å².